The lowest BCUT2D eigenvalue weighted by molar-refractivity contribution is 0.233. The third-order valence-electron chi connectivity index (χ3n) is 2.24. The summed E-state index contributed by atoms with van der Waals surface area (Å²) in [7, 11) is -3.16. The fourth-order valence-corrected chi connectivity index (χ4v) is 3.29. The van der Waals surface area contributed by atoms with E-state index in [9.17, 15) is 8.42 Å². The summed E-state index contributed by atoms with van der Waals surface area (Å²) in [5, 5.41) is 8.83. The summed E-state index contributed by atoms with van der Waals surface area (Å²) in [5.74, 6) is 0.222. The van der Waals surface area contributed by atoms with Gasteiger partial charge in [-0.1, -0.05) is 0 Å². The SMILES string of the molecule is O=S(=O)(CCCl)N1CCC(CO)C1. The molecule has 1 saturated heterocycles. The monoisotopic (exact) mass is 227 g/mol. The normalized spacial score (nSPS) is 25.2. The Morgan fingerprint density at radius 3 is 2.69 bits per heavy atom. The van der Waals surface area contributed by atoms with Gasteiger partial charge < -0.3 is 5.11 Å². The molecule has 1 heterocycles. The molecular weight excluding hydrogens is 214 g/mol. The van der Waals surface area contributed by atoms with Gasteiger partial charge in [-0.15, -0.1) is 11.6 Å². The molecular formula is C7H14ClNO3S. The summed E-state index contributed by atoms with van der Waals surface area (Å²) in [4.78, 5) is 0. The highest BCUT2D eigenvalue weighted by molar-refractivity contribution is 7.89. The minimum absolute atomic E-state index is 0.00724. The quantitative estimate of drug-likeness (QED) is 0.681. The summed E-state index contributed by atoms with van der Waals surface area (Å²) in [5.41, 5.74) is 0. The van der Waals surface area contributed by atoms with E-state index in [1.54, 1.807) is 0 Å². The first-order valence-electron chi connectivity index (χ1n) is 4.25. The van der Waals surface area contributed by atoms with Gasteiger partial charge in [-0.05, 0) is 12.3 Å². The second-order valence-electron chi connectivity index (χ2n) is 3.20. The smallest absolute Gasteiger partial charge is 0.215 e. The third-order valence-corrected chi connectivity index (χ3v) is 4.49. The molecule has 0 aliphatic carbocycles. The first-order valence-corrected chi connectivity index (χ1v) is 6.39. The minimum Gasteiger partial charge on any atom is -0.396 e. The molecule has 4 nitrogen and oxygen atoms in total. The number of nitrogens with zero attached hydrogens (tertiary/aromatic N) is 1. The molecule has 0 aromatic carbocycles. The molecule has 0 aromatic heterocycles. The Kier molecular flexibility index (Phi) is 3.97. The fraction of sp³-hybridized carbons (Fsp3) is 1.00. The Morgan fingerprint density at radius 2 is 2.23 bits per heavy atom. The van der Waals surface area contributed by atoms with Gasteiger partial charge in [0.2, 0.25) is 10.0 Å². The molecule has 1 unspecified atom stereocenters. The highest BCUT2D eigenvalue weighted by Crippen LogP contribution is 2.18. The van der Waals surface area contributed by atoms with E-state index in [4.69, 9.17) is 16.7 Å². The number of halogens is 1. The maximum atomic E-state index is 11.5. The van der Waals surface area contributed by atoms with Crippen LogP contribution in [0.4, 0.5) is 0 Å². The van der Waals surface area contributed by atoms with Gasteiger partial charge in [0.1, 0.15) is 0 Å². The van der Waals surface area contributed by atoms with Crippen LogP contribution >= 0.6 is 11.6 Å². The van der Waals surface area contributed by atoms with Gasteiger partial charge in [-0.25, -0.2) is 12.7 Å². The van der Waals surface area contributed by atoms with E-state index in [2.05, 4.69) is 0 Å². The van der Waals surface area contributed by atoms with E-state index < -0.39 is 10.0 Å². The van der Waals surface area contributed by atoms with Crippen LogP contribution in [-0.2, 0) is 10.0 Å². The van der Waals surface area contributed by atoms with Crippen molar-refractivity contribution in [2.24, 2.45) is 5.92 Å². The molecule has 13 heavy (non-hydrogen) atoms. The summed E-state index contributed by atoms with van der Waals surface area (Å²) >= 11 is 5.38. The topological polar surface area (TPSA) is 57.6 Å². The van der Waals surface area contributed by atoms with Crippen molar-refractivity contribution in [1.82, 2.24) is 4.31 Å². The van der Waals surface area contributed by atoms with Crippen molar-refractivity contribution in [2.75, 3.05) is 31.3 Å². The zero-order valence-electron chi connectivity index (χ0n) is 7.32. The maximum Gasteiger partial charge on any atom is 0.215 e. The zero-order chi connectivity index (χ0) is 9.90. The van der Waals surface area contributed by atoms with Crippen molar-refractivity contribution in [3.63, 3.8) is 0 Å². The van der Waals surface area contributed by atoms with Crippen molar-refractivity contribution < 1.29 is 13.5 Å². The molecule has 1 aliphatic rings. The van der Waals surface area contributed by atoms with E-state index in [0.717, 1.165) is 6.42 Å². The lowest BCUT2D eigenvalue weighted by atomic mass is 10.1. The Hall–Kier alpha value is 0.160. The molecule has 0 spiro atoms. The largest absolute Gasteiger partial charge is 0.396 e. The van der Waals surface area contributed by atoms with E-state index in [1.807, 2.05) is 0 Å². The van der Waals surface area contributed by atoms with Crippen LogP contribution < -0.4 is 0 Å². The van der Waals surface area contributed by atoms with Crippen LogP contribution in [-0.4, -0.2) is 49.2 Å². The highest BCUT2D eigenvalue weighted by atomic mass is 35.5. The average molecular weight is 228 g/mol. The van der Waals surface area contributed by atoms with Gasteiger partial charge in [-0.3, -0.25) is 0 Å². The van der Waals surface area contributed by atoms with E-state index in [0.29, 0.717) is 13.1 Å². The Morgan fingerprint density at radius 1 is 1.54 bits per heavy atom. The molecule has 1 aliphatic heterocycles. The molecule has 0 radical (unpaired) electrons. The molecule has 1 N–H and O–H groups in total. The fourth-order valence-electron chi connectivity index (χ4n) is 1.43. The second-order valence-corrected chi connectivity index (χ2v) is 5.67. The van der Waals surface area contributed by atoms with Crippen LogP contribution in [0.3, 0.4) is 0 Å². The van der Waals surface area contributed by atoms with E-state index in [-0.39, 0.29) is 24.2 Å². The number of hydrogen-bond donors (Lipinski definition) is 1. The average Bonchev–Trinajstić information content (AvgIpc) is 2.52. The summed E-state index contributed by atoms with van der Waals surface area (Å²) in [6.45, 7) is 1.02. The molecule has 0 saturated carbocycles. The van der Waals surface area contributed by atoms with Gasteiger partial charge >= 0.3 is 0 Å². The lowest BCUT2D eigenvalue weighted by Gasteiger charge is -2.14. The van der Waals surface area contributed by atoms with E-state index >= 15 is 0 Å². The van der Waals surface area contributed by atoms with Crippen LogP contribution in [0.2, 0.25) is 0 Å². The summed E-state index contributed by atoms with van der Waals surface area (Å²) < 4.78 is 24.3. The van der Waals surface area contributed by atoms with Crippen LogP contribution in [0, 0.1) is 5.92 Å². The maximum absolute atomic E-state index is 11.5. The van der Waals surface area contributed by atoms with Crippen LogP contribution in [0.1, 0.15) is 6.42 Å². The van der Waals surface area contributed by atoms with Crippen molar-refractivity contribution in [3.05, 3.63) is 0 Å². The first-order chi connectivity index (χ1) is 6.10. The highest BCUT2D eigenvalue weighted by Gasteiger charge is 2.30. The second kappa shape index (κ2) is 4.59. The number of aliphatic hydroxyl groups excluding tert-OH is 1. The Labute approximate surface area is 83.5 Å². The van der Waals surface area contributed by atoms with Crippen molar-refractivity contribution in [3.8, 4) is 0 Å². The number of alkyl halides is 1. The van der Waals surface area contributed by atoms with Gasteiger partial charge in [0.05, 0.1) is 5.75 Å². The van der Waals surface area contributed by atoms with Crippen molar-refractivity contribution in [1.29, 1.82) is 0 Å². The van der Waals surface area contributed by atoms with E-state index in [1.165, 1.54) is 4.31 Å². The number of rotatable bonds is 4. The standard InChI is InChI=1S/C7H14ClNO3S/c8-2-4-13(11,12)9-3-1-7(5-9)6-10/h7,10H,1-6H2. The lowest BCUT2D eigenvalue weighted by Crippen LogP contribution is -2.31. The molecule has 1 atom stereocenters. The van der Waals surface area contributed by atoms with Gasteiger partial charge in [0, 0.05) is 25.6 Å². The minimum atomic E-state index is -3.16. The molecule has 0 bridgehead atoms. The molecule has 1 rings (SSSR count). The molecule has 0 amide bonds. The van der Waals surface area contributed by atoms with Crippen molar-refractivity contribution >= 4 is 21.6 Å². The molecule has 1 fully saturated rings. The first kappa shape index (κ1) is 11.2. The molecule has 78 valence electrons. The van der Waals surface area contributed by atoms with Gasteiger partial charge in [0.25, 0.3) is 0 Å². The predicted molar refractivity (Wildman–Crippen MR) is 51.3 cm³/mol. The molecule has 6 heteroatoms. The van der Waals surface area contributed by atoms with Crippen LogP contribution in [0.25, 0.3) is 0 Å². The Bertz CT molecular complexity index is 254. The van der Waals surface area contributed by atoms with Crippen LogP contribution in [0.5, 0.6) is 0 Å². The predicted octanol–water partition coefficient (Wildman–Crippen LogP) is -0.131. The summed E-state index contributed by atoms with van der Waals surface area (Å²) in [6.07, 6.45) is 0.748. The summed E-state index contributed by atoms with van der Waals surface area (Å²) in [6, 6.07) is 0. The van der Waals surface area contributed by atoms with Crippen LogP contribution in [0.15, 0.2) is 0 Å². The van der Waals surface area contributed by atoms with Gasteiger partial charge in [0.15, 0.2) is 0 Å². The van der Waals surface area contributed by atoms with Crippen molar-refractivity contribution in [2.45, 2.75) is 6.42 Å². The third kappa shape index (κ3) is 2.80. The van der Waals surface area contributed by atoms with Gasteiger partial charge in [-0.2, -0.15) is 0 Å². The number of sulfonamides is 1. The molecule has 0 aromatic rings. The Balaban J connectivity index is 2.55. The number of aliphatic hydroxyl groups is 1. The zero-order valence-corrected chi connectivity index (χ0v) is 8.89. The number of hydrogen-bond acceptors (Lipinski definition) is 3.